The van der Waals surface area contributed by atoms with Crippen molar-refractivity contribution in [3.8, 4) is 0 Å². The van der Waals surface area contributed by atoms with Gasteiger partial charge in [0.1, 0.15) is 6.10 Å². The molecule has 6 nitrogen and oxygen atoms in total. The first kappa shape index (κ1) is 16.5. The third-order valence-corrected chi connectivity index (χ3v) is 4.17. The van der Waals surface area contributed by atoms with E-state index < -0.39 is 19.5 Å². The summed E-state index contributed by atoms with van der Waals surface area (Å²) in [5.74, 6) is -0.294. The van der Waals surface area contributed by atoms with Crippen molar-refractivity contribution in [3.05, 3.63) is 12.2 Å². The van der Waals surface area contributed by atoms with E-state index in [4.69, 9.17) is 19.0 Å². The number of ether oxygens (including phenoxy) is 1. The lowest BCUT2D eigenvalue weighted by Crippen LogP contribution is -2.48. The topological polar surface area (TPSA) is 93.1 Å². The number of Topliss-reactive ketones (excluding diaryl/α,β-unsaturated/α-hetero) is 1. The third-order valence-electron chi connectivity index (χ3n) is 3.52. The molecule has 7 heteroatoms. The number of phosphoric ester groups is 1. The molecule has 0 aromatic heterocycles. The average Bonchev–Trinajstić information content (AvgIpc) is 2.24. The maximum atomic E-state index is 11.6. The zero-order valence-electron chi connectivity index (χ0n) is 11.5. The van der Waals surface area contributed by atoms with Crippen LogP contribution in [0.4, 0.5) is 0 Å². The summed E-state index contributed by atoms with van der Waals surface area (Å²) in [4.78, 5) is 29.3. The minimum atomic E-state index is -4.51. The van der Waals surface area contributed by atoms with Gasteiger partial charge in [0.25, 0.3) is 0 Å². The summed E-state index contributed by atoms with van der Waals surface area (Å²) in [6, 6.07) is 0. The number of carbonyl (C=O) groups is 1. The molecule has 2 N–H and O–H groups in total. The van der Waals surface area contributed by atoms with Gasteiger partial charge in [-0.25, -0.2) is 4.57 Å². The molecule has 0 aliphatic heterocycles. The summed E-state index contributed by atoms with van der Waals surface area (Å²) < 4.78 is 21.1. The maximum absolute atomic E-state index is 11.6. The van der Waals surface area contributed by atoms with Crippen molar-refractivity contribution in [2.45, 2.75) is 45.3 Å². The summed E-state index contributed by atoms with van der Waals surface area (Å²) in [6.07, 6.45) is 0.719. The van der Waals surface area contributed by atoms with Crippen LogP contribution in [-0.4, -0.2) is 33.9 Å². The van der Waals surface area contributed by atoms with Crippen molar-refractivity contribution >= 4 is 13.6 Å². The minimum absolute atomic E-state index is 0.125. The van der Waals surface area contributed by atoms with Crippen LogP contribution in [0, 0.1) is 5.92 Å². The lowest BCUT2D eigenvalue weighted by atomic mass is 9.71. The van der Waals surface area contributed by atoms with Gasteiger partial charge in [0, 0.05) is 5.92 Å². The van der Waals surface area contributed by atoms with Gasteiger partial charge in [-0.3, -0.25) is 9.32 Å². The molecule has 1 fully saturated rings. The van der Waals surface area contributed by atoms with Crippen molar-refractivity contribution in [1.82, 2.24) is 0 Å². The molecular weight excluding hydrogens is 271 g/mol. The van der Waals surface area contributed by atoms with Gasteiger partial charge in [0.15, 0.2) is 5.78 Å². The third kappa shape index (κ3) is 4.51. The van der Waals surface area contributed by atoms with Crippen LogP contribution in [0.1, 0.15) is 33.6 Å². The van der Waals surface area contributed by atoms with E-state index >= 15 is 0 Å². The van der Waals surface area contributed by atoms with Crippen LogP contribution in [0.3, 0.4) is 0 Å². The van der Waals surface area contributed by atoms with Crippen LogP contribution >= 0.6 is 7.82 Å². The Morgan fingerprint density at radius 2 is 2.16 bits per heavy atom. The molecule has 0 spiro atoms. The van der Waals surface area contributed by atoms with Crippen LogP contribution in [0.5, 0.6) is 0 Å². The standard InChI is InChI=1S/C12H21O6P/c1-8(2)11(13)9(3)17-7-10-5-6-12(10,4)18-19(14,15)16/h9-10H,1,5-7H2,2-4H3,(H2,14,15,16). The van der Waals surface area contributed by atoms with Gasteiger partial charge in [0.2, 0.25) is 0 Å². The van der Waals surface area contributed by atoms with Crippen LogP contribution in [0.15, 0.2) is 12.2 Å². The van der Waals surface area contributed by atoms with E-state index in [0.29, 0.717) is 12.0 Å². The molecule has 3 atom stereocenters. The van der Waals surface area contributed by atoms with Crippen LogP contribution in [0.2, 0.25) is 0 Å². The average molecular weight is 292 g/mol. The Bertz CT molecular complexity index is 414. The Balaban J connectivity index is 2.48. The maximum Gasteiger partial charge on any atom is 0.470 e. The van der Waals surface area contributed by atoms with Crippen LogP contribution < -0.4 is 0 Å². The fraction of sp³-hybridized carbons (Fsp3) is 0.750. The molecule has 0 saturated heterocycles. The molecule has 0 aromatic carbocycles. The summed E-state index contributed by atoms with van der Waals surface area (Å²) in [5, 5.41) is 0. The normalized spacial score (nSPS) is 28.6. The van der Waals surface area contributed by atoms with Gasteiger partial charge in [0.05, 0.1) is 12.2 Å². The van der Waals surface area contributed by atoms with E-state index in [-0.39, 0.29) is 18.3 Å². The molecule has 0 bridgehead atoms. The monoisotopic (exact) mass is 292 g/mol. The second kappa shape index (κ2) is 5.85. The predicted molar refractivity (Wildman–Crippen MR) is 69.5 cm³/mol. The Morgan fingerprint density at radius 3 is 2.53 bits per heavy atom. The second-order valence-corrected chi connectivity index (χ2v) is 6.41. The molecule has 110 valence electrons. The van der Waals surface area contributed by atoms with Gasteiger partial charge < -0.3 is 14.5 Å². The minimum Gasteiger partial charge on any atom is -0.370 e. The predicted octanol–water partition coefficient (Wildman–Crippen LogP) is 1.81. The first-order valence-corrected chi connectivity index (χ1v) is 7.66. The van der Waals surface area contributed by atoms with Crippen LogP contribution in [0.25, 0.3) is 0 Å². The second-order valence-electron chi connectivity index (χ2n) is 5.25. The zero-order valence-corrected chi connectivity index (χ0v) is 12.4. The van der Waals surface area contributed by atoms with E-state index in [9.17, 15) is 9.36 Å². The Morgan fingerprint density at radius 1 is 1.58 bits per heavy atom. The fourth-order valence-electron chi connectivity index (χ4n) is 2.09. The summed E-state index contributed by atoms with van der Waals surface area (Å²) in [7, 11) is -4.51. The highest BCUT2D eigenvalue weighted by molar-refractivity contribution is 7.46. The van der Waals surface area contributed by atoms with Crippen molar-refractivity contribution in [3.63, 3.8) is 0 Å². The van der Waals surface area contributed by atoms with Gasteiger partial charge in [-0.2, -0.15) is 0 Å². The van der Waals surface area contributed by atoms with Gasteiger partial charge in [-0.05, 0) is 39.2 Å². The van der Waals surface area contributed by atoms with E-state index in [1.165, 1.54) is 0 Å². The number of carbonyl (C=O) groups excluding carboxylic acids is 1. The van der Waals surface area contributed by atoms with Crippen molar-refractivity contribution in [2.75, 3.05) is 6.61 Å². The molecule has 1 aliphatic carbocycles. The van der Waals surface area contributed by atoms with Gasteiger partial charge in [-0.15, -0.1) is 0 Å². The number of ketones is 1. The highest BCUT2D eigenvalue weighted by atomic mass is 31.2. The summed E-state index contributed by atoms with van der Waals surface area (Å²) in [6.45, 7) is 8.69. The Labute approximate surface area is 113 Å². The highest BCUT2D eigenvalue weighted by Gasteiger charge is 2.48. The molecule has 0 radical (unpaired) electrons. The molecule has 1 saturated carbocycles. The van der Waals surface area contributed by atoms with Gasteiger partial charge >= 0.3 is 7.82 Å². The number of hydrogen-bond acceptors (Lipinski definition) is 4. The zero-order chi connectivity index (χ0) is 14.8. The van der Waals surface area contributed by atoms with E-state index in [2.05, 4.69) is 6.58 Å². The van der Waals surface area contributed by atoms with E-state index in [1.54, 1.807) is 20.8 Å². The number of phosphoric acid groups is 1. The fourth-order valence-corrected chi connectivity index (χ4v) is 2.87. The van der Waals surface area contributed by atoms with Crippen molar-refractivity contribution in [1.29, 1.82) is 0 Å². The van der Waals surface area contributed by atoms with Crippen molar-refractivity contribution < 1.29 is 28.4 Å². The molecule has 1 aliphatic rings. The lowest BCUT2D eigenvalue weighted by Gasteiger charge is -2.46. The molecular formula is C12H21O6P. The highest BCUT2D eigenvalue weighted by Crippen LogP contribution is 2.52. The smallest absolute Gasteiger partial charge is 0.370 e. The van der Waals surface area contributed by atoms with Gasteiger partial charge in [-0.1, -0.05) is 6.58 Å². The first-order chi connectivity index (χ1) is 8.55. The quantitative estimate of drug-likeness (QED) is 0.549. The lowest BCUT2D eigenvalue weighted by molar-refractivity contribution is -0.136. The van der Waals surface area contributed by atoms with Crippen molar-refractivity contribution in [2.24, 2.45) is 5.92 Å². The molecule has 19 heavy (non-hydrogen) atoms. The SMILES string of the molecule is C=C(C)C(=O)C(C)OCC1CCC1(C)OP(=O)(O)O. The van der Waals surface area contributed by atoms with Crippen LogP contribution in [-0.2, 0) is 18.6 Å². The first-order valence-electron chi connectivity index (χ1n) is 6.13. The summed E-state index contributed by atoms with van der Waals surface area (Å²) >= 11 is 0. The molecule has 0 aromatic rings. The molecule has 1 rings (SSSR count). The van der Waals surface area contributed by atoms with E-state index in [0.717, 1.165) is 6.42 Å². The van der Waals surface area contributed by atoms with E-state index in [1.807, 2.05) is 0 Å². The Hall–Kier alpha value is -0.520. The molecule has 0 heterocycles. The summed E-state index contributed by atoms with van der Waals surface area (Å²) in [5.41, 5.74) is -0.458. The molecule has 3 unspecified atom stereocenters. The largest absolute Gasteiger partial charge is 0.470 e. The Kier molecular flexibility index (Phi) is 5.09. The number of rotatable bonds is 7. The molecule has 0 amide bonds. The number of hydrogen-bond donors (Lipinski definition) is 2.